The van der Waals surface area contributed by atoms with E-state index in [-0.39, 0.29) is 5.60 Å². The van der Waals surface area contributed by atoms with Crippen LogP contribution in [-0.2, 0) is 10.2 Å². The Kier molecular flexibility index (Phi) is 3.36. The Labute approximate surface area is 161 Å². The van der Waals surface area contributed by atoms with E-state index < -0.39 is 5.50 Å². The van der Waals surface area contributed by atoms with Gasteiger partial charge >= 0.3 is 0 Å². The summed E-state index contributed by atoms with van der Waals surface area (Å²) in [5.74, 6) is 0. The molecule has 0 saturated carbocycles. The van der Waals surface area contributed by atoms with Gasteiger partial charge in [-0.2, -0.15) is 0 Å². The summed E-state index contributed by atoms with van der Waals surface area (Å²) in [6.45, 7) is 6.46. The van der Waals surface area contributed by atoms with E-state index in [4.69, 9.17) is 4.74 Å². The Hall–Kier alpha value is -2.58. The molecule has 2 heteroatoms. The molecule has 1 atom stereocenters. The number of hydrogen-bond acceptors (Lipinski definition) is 1. The highest BCUT2D eigenvalue weighted by Gasteiger charge is 2.40. The summed E-state index contributed by atoms with van der Waals surface area (Å²) in [6.07, 6.45) is 2.28. The van der Waals surface area contributed by atoms with Gasteiger partial charge < -0.3 is 4.74 Å². The SMILES string of the molecule is BC1(c2ccc3c4ccccc4c4ccccc4c3c2)C=C(C)C(C)(C)O1. The maximum atomic E-state index is 6.49. The van der Waals surface area contributed by atoms with Gasteiger partial charge in [-0.05, 0) is 70.3 Å². The molecule has 0 aromatic heterocycles. The van der Waals surface area contributed by atoms with Crippen molar-refractivity contribution in [3.63, 3.8) is 0 Å². The zero-order valence-corrected chi connectivity index (χ0v) is 16.3. The van der Waals surface area contributed by atoms with Gasteiger partial charge in [0.15, 0.2) is 7.85 Å². The van der Waals surface area contributed by atoms with Crippen molar-refractivity contribution in [2.45, 2.75) is 31.9 Å². The summed E-state index contributed by atoms with van der Waals surface area (Å²) in [5, 5.41) is 7.82. The molecule has 0 radical (unpaired) electrons. The van der Waals surface area contributed by atoms with Crippen molar-refractivity contribution in [2.75, 3.05) is 0 Å². The molecule has 132 valence electrons. The molecular formula is C25H23BO. The van der Waals surface area contributed by atoms with Gasteiger partial charge in [-0.25, -0.2) is 0 Å². The van der Waals surface area contributed by atoms with Crippen molar-refractivity contribution in [2.24, 2.45) is 0 Å². The van der Waals surface area contributed by atoms with Crippen LogP contribution in [-0.4, -0.2) is 13.4 Å². The van der Waals surface area contributed by atoms with Gasteiger partial charge in [0.05, 0.1) is 11.1 Å². The molecule has 1 aliphatic rings. The molecule has 0 amide bonds. The molecule has 0 saturated heterocycles. The van der Waals surface area contributed by atoms with Crippen molar-refractivity contribution < 1.29 is 4.74 Å². The monoisotopic (exact) mass is 350 g/mol. The van der Waals surface area contributed by atoms with Crippen LogP contribution in [0.5, 0.6) is 0 Å². The van der Waals surface area contributed by atoms with Crippen molar-refractivity contribution in [3.8, 4) is 0 Å². The zero-order valence-electron chi connectivity index (χ0n) is 16.3. The van der Waals surface area contributed by atoms with Crippen LogP contribution in [0.15, 0.2) is 78.4 Å². The summed E-state index contributed by atoms with van der Waals surface area (Å²) < 4.78 is 6.49. The standard InChI is InChI=1S/C25H23BO/c1-16-15-25(26,27-24(16,2)3)17-12-13-22-20-10-5-4-8-18(20)19-9-6-7-11-21(19)23(22)14-17/h4-15H,26H2,1-3H3. The second-order valence-corrected chi connectivity index (χ2v) is 8.40. The first-order valence-electron chi connectivity index (χ1n) is 9.63. The van der Waals surface area contributed by atoms with Crippen molar-refractivity contribution in [1.82, 2.24) is 0 Å². The highest BCUT2D eigenvalue weighted by Crippen LogP contribution is 2.43. The molecule has 1 heterocycles. The molecule has 4 aromatic carbocycles. The molecule has 0 aliphatic carbocycles. The zero-order chi connectivity index (χ0) is 18.8. The average Bonchev–Trinajstić information content (AvgIpc) is 2.89. The molecule has 1 nitrogen and oxygen atoms in total. The maximum absolute atomic E-state index is 6.49. The van der Waals surface area contributed by atoms with Gasteiger partial charge in [0, 0.05) is 0 Å². The lowest BCUT2D eigenvalue weighted by Crippen LogP contribution is -2.32. The lowest BCUT2D eigenvalue weighted by atomic mass is 9.74. The fraction of sp³-hybridized carbons (Fsp3) is 0.200. The van der Waals surface area contributed by atoms with E-state index in [1.165, 1.54) is 43.5 Å². The third-order valence-electron chi connectivity index (χ3n) is 6.23. The van der Waals surface area contributed by atoms with Crippen molar-refractivity contribution in [1.29, 1.82) is 0 Å². The Morgan fingerprint density at radius 3 is 1.67 bits per heavy atom. The van der Waals surface area contributed by atoms with Crippen LogP contribution in [0.1, 0.15) is 26.3 Å². The van der Waals surface area contributed by atoms with Gasteiger partial charge in [0.25, 0.3) is 0 Å². The van der Waals surface area contributed by atoms with Gasteiger partial charge in [-0.1, -0.05) is 66.7 Å². The largest absolute Gasteiger partial charge is 0.365 e. The topological polar surface area (TPSA) is 9.23 Å². The van der Waals surface area contributed by atoms with Crippen molar-refractivity contribution >= 4 is 40.2 Å². The minimum Gasteiger partial charge on any atom is -0.365 e. The lowest BCUT2D eigenvalue weighted by Gasteiger charge is -2.30. The van der Waals surface area contributed by atoms with Crippen LogP contribution < -0.4 is 0 Å². The van der Waals surface area contributed by atoms with E-state index in [1.54, 1.807) is 0 Å². The minimum absolute atomic E-state index is 0.227. The van der Waals surface area contributed by atoms with Crippen LogP contribution in [0.25, 0.3) is 32.3 Å². The van der Waals surface area contributed by atoms with E-state index in [2.05, 4.69) is 101 Å². The maximum Gasteiger partial charge on any atom is 0.154 e. The van der Waals surface area contributed by atoms with Crippen molar-refractivity contribution in [3.05, 3.63) is 83.9 Å². The lowest BCUT2D eigenvalue weighted by molar-refractivity contribution is -0.0302. The molecule has 0 N–H and O–H groups in total. The Balaban J connectivity index is 1.85. The van der Waals surface area contributed by atoms with Gasteiger partial charge in [-0.3, -0.25) is 0 Å². The summed E-state index contributed by atoms with van der Waals surface area (Å²) in [7, 11) is 2.18. The summed E-state index contributed by atoms with van der Waals surface area (Å²) in [4.78, 5) is 0. The molecule has 1 aliphatic heterocycles. The van der Waals surface area contributed by atoms with E-state index in [9.17, 15) is 0 Å². The highest BCUT2D eigenvalue weighted by atomic mass is 16.5. The van der Waals surface area contributed by atoms with E-state index in [0.717, 1.165) is 0 Å². The summed E-state index contributed by atoms with van der Waals surface area (Å²) in [5.41, 5.74) is 1.87. The molecule has 4 aromatic rings. The molecule has 0 bridgehead atoms. The highest BCUT2D eigenvalue weighted by molar-refractivity contribution is 6.25. The van der Waals surface area contributed by atoms with Crippen LogP contribution in [0.3, 0.4) is 0 Å². The Morgan fingerprint density at radius 2 is 1.19 bits per heavy atom. The van der Waals surface area contributed by atoms with E-state index >= 15 is 0 Å². The fourth-order valence-electron chi connectivity index (χ4n) is 4.59. The molecule has 27 heavy (non-hydrogen) atoms. The number of rotatable bonds is 1. The fourth-order valence-corrected chi connectivity index (χ4v) is 4.59. The molecule has 0 spiro atoms. The summed E-state index contributed by atoms with van der Waals surface area (Å²) >= 11 is 0. The number of ether oxygens (including phenoxy) is 1. The molecule has 1 unspecified atom stereocenters. The molecule has 0 fully saturated rings. The molecular weight excluding hydrogens is 327 g/mol. The molecule has 5 rings (SSSR count). The first kappa shape index (κ1) is 16.6. The Morgan fingerprint density at radius 1 is 0.704 bits per heavy atom. The van der Waals surface area contributed by atoms with Crippen LogP contribution in [0, 0.1) is 0 Å². The third-order valence-corrected chi connectivity index (χ3v) is 6.23. The van der Waals surface area contributed by atoms with Crippen LogP contribution in [0.4, 0.5) is 0 Å². The smallest absolute Gasteiger partial charge is 0.154 e. The van der Waals surface area contributed by atoms with E-state index in [0.29, 0.717) is 0 Å². The quantitative estimate of drug-likeness (QED) is 0.244. The van der Waals surface area contributed by atoms with Gasteiger partial charge in [-0.15, -0.1) is 0 Å². The first-order chi connectivity index (χ1) is 12.9. The van der Waals surface area contributed by atoms with Crippen LogP contribution in [0.2, 0.25) is 0 Å². The minimum atomic E-state index is -0.394. The van der Waals surface area contributed by atoms with Gasteiger partial charge in [0.2, 0.25) is 0 Å². The third kappa shape index (κ3) is 2.37. The van der Waals surface area contributed by atoms with Gasteiger partial charge in [0.1, 0.15) is 0 Å². The first-order valence-corrected chi connectivity index (χ1v) is 9.63. The van der Waals surface area contributed by atoms with Crippen LogP contribution >= 0.6 is 0 Å². The predicted molar refractivity (Wildman–Crippen MR) is 118 cm³/mol. The second kappa shape index (κ2) is 5.47. The van der Waals surface area contributed by atoms with E-state index in [1.807, 2.05) is 0 Å². The number of fused-ring (bicyclic) bond motifs is 6. The average molecular weight is 350 g/mol. The normalized spacial score (nSPS) is 21.8. The second-order valence-electron chi connectivity index (χ2n) is 8.40. The number of benzene rings is 4. The number of hydrogen-bond donors (Lipinski definition) is 0. The summed E-state index contributed by atoms with van der Waals surface area (Å²) in [6, 6.07) is 24.2. The predicted octanol–water partition coefficient (Wildman–Crippen LogP) is 5.69. The Bertz CT molecular complexity index is 1220.